The number of hydrogen-bond donors (Lipinski definition) is 1. The highest BCUT2D eigenvalue weighted by molar-refractivity contribution is 6.30. The minimum Gasteiger partial charge on any atom is -0.322 e. The molecule has 0 radical (unpaired) electrons. The van der Waals surface area contributed by atoms with Gasteiger partial charge >= 0.3 is 0 Å². The van der Waals surface area contributed by atoms with E-state index in [9.17, 15) is 14.9 Å². The highest BCUT2D eigenvalue weighted by atomic mass is 35.5. The maximum absolute atomic E-state index is 12.8. The maximum atomic E-state index is 12.8. The van der Waals surface area contributed by atoms with Crippen LogP contribution in [0.3, 0.4) is 0 Å². The van der Waals surface area contributed by atoms with Gasteiger partial charge in [-0.25, -0.2) is 0 Å². The van der Waals surface area contributed by atoms with Crippen LogP contribution in [0.1, 0.15) is 21.5 Å². The molecule has 3 aromatic carbocycles. The van der Waals surface area contributed by atoms with Crippen LogP contribution in [0.2, 0.25) is 5.02 Å². The molecule has 4 aromatic rings. The first kappa shape index (κ1) is 19.5. The number of nitro groups is 1. The second kappa shape index (κ2) is 7.57. The molecule has 0 aliphatic rings. The molecule has 1 heterocycles. The zero-order valence-electron chi connectivity index (χ0n) is 16.1. The minimum atomic E-state index is -0.501. The smallest absolute Gasteiger partial charge is 0.273 e. The van der Waals surface area contributed by atoms with Crippen LogP contribution in [0.15, 0.2) is 54.6 Å². The molecule has 0 aliphatic carbocycles. The van der Waals surface area contributed by atoms with E-state index in [1.165, 1.54) is 16.9 Å². The first-order valence-corrected chi connectivity index (χ1v) is 9.40. The van der Waals surface area contributed by atoms with E-state index in [-0.39, 0.29) is 11.3 Å². The van der Waals surface area contributed by atoms with Crippen molar-refractivity contribution in [1.82, 2.24) is 15.0 Å². The molecule has 8 nitrogen and oxygen atoms in total. The van der Waals surface area contributed by atoms with E-state index in [1.54, 1.807) is 31.2 Å². The second-order valence-electron chi connectivity index (χ2n) is 6.78. The van der Waals surface area contributed by atoms with Crippen molar-refractivity contribution in [3.05, 3.63) is 86.4 Å². The first-order chi connectivity index (χ1) is 14.3. The molecule has 0 bridgehead atoms. The van der Waals surface area contributed by atoms with Crippen LogP contribution in [-0.2, 0) is 0 Å². The fraction of sp³-hybridized carbons (Fsp3) is 0.0952. The summed E-state index contributed by atoms with van der Waals surface area (Å²) in [5.74, 6) is -0.427. The number of anilines is 1. The van der Waals surface area contributed by atoms with Crippen LogP contribution in [0, 0.1) is 24.0 Å². The van der Waals surface area contributed by atoms with Gasteiger partial charge in [0.25, 0.3) is 11.6 Å². The Bertz CT molecular complexity index is 1300. The van der Waals surface area contributed by atoms with Gasteiger partial charge in [-0.2, -0.15) is 4.80 Å². The molecule has 1 amide bonds. The first-order valence-electron chi connectivity index (χ1n) is 9.02. The van der Waals surface area contributed by atoms with Crippen LogP contribution in [0.4, 0.5) is 11.4 Å². The number of nitro benzene ring substituents is 1. The molecular weight excluding hydrogens is 406 g/mol. The van der Waals surface area contributed by atoms with Crippen molar-refractivity contribution < 1.29 is 9.72 Å². The lowest BCUT2D eigenvalue weighted by atomic mass is 10.1. The van der Waals surface area contributed by atoms with Crippen LogP contribution in [0.25, 0.3) is 16.7 Å². The molecule has 0 atom stereocenters. The van der Waals surface area contributed by atoms with Gasteiger partial charge in [-0.1, -0.05) is 17.7 Å². The van der Waals surface area contributed by atoms with Crippen molar-refractivity contribution in [3.63, 3.8) is 0 Å². The summed E-state index contributed by atoms with van der Waals surface area (Å²) in [4.78, 5) is 24.9. The number of rotatable bonds is 4. The summed E-state index contributed by atoms with van der Waals surface area (Å²) in [6, 6.07) is 15.1. The van der Waals surface area contributed by atoms with E-state index in [0.29, 0.717) is 27.3 Å². The maximum Gasteiger partial charge on any atom is 0.273 e. The fourth-order valence-electron chi connectivity index (χ4n) is 3.15. The number of halogens is 1. The van der Waals surface area contributed by atoms with E-state index in [0.717, 1.165) is 11.3 Å². The number of aryl methyl sites for hydroxylation is 1. The summed E-state index contributed by atoms with van der Waals surface area (Å²) in [7, 11) is 0. The van der Waals surface area contributed by atoms with Crippen molar-refractivity contribution in [2.45, 2.75) is 13.8 Å². The van der Waals surface area contributed by atoms with E-state index in [1.807, 2.05) is 25.1 Å². The molecule has 0 fully saturated rings. The van der Waals surface area contributed by atoms with Gasteiger partial charge in [-0.05, 0) is 61.9 Å². The summed E-state index contributed by atoms with van der Waals surface area (Å²) in [5, 5.41) is 23.5. The Labute approximate surface area is 176 Å². The number of carbonyl (C=O) groups is 1. The van der Waals surface area contributed by atoms with Gasteiger partial charge in [0.2, 0.25) is 0 Å². The Morgan fingerprint density at radius 1 is 1.07 bits per heavy atom. The third-order valence-electron chi connectivity index (χ3n) is 4.78. The topological polar surface area (TPSA) is 103 Å². The standard InChI is InChI=1S/C21H16ClN5O3/c1-12-10-18-19(25-26(24-18)15-8-6-14(22)7-9-15)11-17(12)23-21(28)16-4-3-5-20(13(16)2)27(29)30/h3-11H,1-2H3,(H,23,28). The number of benzene rings is 3. The quantitative estimate of drug-likeness (QED) is 0.374. The second-order valence-corrected chi connectivity index (χ2v) is 7.22. The summed E-state index contributed by atoms with van der Waals surface area (Å²) >= 11 is 5.93. The van der Waals surface area contributed by atoms with Crippen LogP contribution in [-0.4, -0.2) is 25.8 Å². The van der Waals surface area contributed by atoms with Gasteiger partial charge in [0.15, 0.2) is 0 Å². The monoisotopic (exact) mass is 421 g/mol. The lowest BCUT2D eigenvalue weighted by Gasteiger charge is -2.10. The van der Waals surface area contributed by atoms with E-state index in [4.69, 9.17) is 11.6 Å². The van der Waals surface area contributed by atoms with Crippen LogP contribution < -0.4 is 5.32 Å². The third-order valence-corrected chi connectivity index (χ3v) is 5.03. The van der Waals surface area contributed by atoms with Gasteiger partial charge in [0.05, 0.1) is 10.6 Å². The lowest BCUT2D eigenvalue weighted by molar-refractivity contribution is -0.385. The molecule has 0 saturated carbocycles. The van der Waals surface area contributed by atoms with Crippen molar-refractivity contribution in [3.8, 4) is 5.69 Å². The Kier molecular flexibility index (Phi) is 4.93. The number of carbonyl (C=O) groups excluding carboxylic acids is 1. The van der Waals surface area contributed by atoms with Crippen molar-refractivity contribution in [1.29, 1.82) is 0 Å². The van der Waals surface area contributed by atoms with E-state index in [2.05, 4.69) is 15.5 Å². The zero-order valence-corrected chi connectivity index (χ0v) is 16.8. The fourth-order valence-corrected chi connectivity index (χ4v) is 3.28. The van der Waals surface area contributed by atoms with Gasteiger partial charge in [0, 0.05) is 27.9 Å². The molecule has 0 unspecified atom stereocenters. The molecular formula is C21H16ClN5O3. The molecule has 1 N–H and O–H groups in total. The highest BCUT2D eigenvalue weighted by Gasteiger charge is 2.19. The average Bonchev–Trinajstić information content (AvgIpc) is 3.11. The largest absolute Gasteiger partial charge is 0.322 e. The predicted molar refractivity (Wildman–Crippen MR) is 114 cm³/mol. The van der Waals surface area contributed by atoms with Crippen molar-refractivity contribution in [2.24, 2.45) is 0 Å². The average molecular weight is 422 g/mol. The highest BCUT2D eigenvalue weighted by Crippen LogP contribution is 2.25. The van der Waals surface area contributed by atoms with E-state index < -0.39 is 10.8 Å². The van der Waals surface area contributed by atoms with Gasteiger partial charge in [0.1, 0.15) is 11.0 Å². The number of nitrogens with zero attached hydrogens (tertiary/aromatic N) is 4. The van der Waals surface area contributed by atoms with Crippen LogP contribution in [0.5, 0.6) is 0 Å². The molecule has 30 heavy (non-hydrogen) atoms. The normalized spacial score (nSPS) is 10.9. The zero-order chi connectivity index (χ0) is 21.4. The molecule has 4 rings (SSSR count). The summed E-state index contributed by atoms with van der Waals surface area (Å²) in [5.41, 5.74) is 3.84. The molecule has 0 aliphatic heterocycles. The molecule has 1 aromatic heterocycles. The van der Waals surface area contributed by atoms with Crippen molar-refractivity contribution >= 4 is 39.9 Å². The van der Waals surface area contributed by atoms with Crippen LogP contribution >= 0.6 is 11.6 Å². The van der Waals surface area contributed by atoms with Gasteiger partial charge in [-0.15, -0.1) is 10.2 Å². The molecule has 0 saturated heterocycles. The minimum absolute atomic E-state index is 0.0965. The summed E-state index contributed by atoms with van der Waals surface area (Å²) < 4.78 is 0. The van der Waals surface area contributed by atoms with E-state index >= 15 is 0 Å². The molecule has 150 valence electrons. The Hall–Kier alpha value is -3.78. The number of hydrogen-bond acceptors (Lipinski definition) is 5. The van der Waals surface area contributed by atoms with Gasteiger partial charge < -0.3 is 5.32 Å². The summed E-state index contributed by atoms with van der Waals surface area (Å²) in [6.45, 7) is 3.40. The van der Waals surface area contributed by atoms with Gasteiger partial charge in [-0.3, -0.25) is 14.9 Å². The van der Waals surface area contributed by atoms with Crippen molar-refractivity contribution in [2.75, 3.05) is 5.32 Å². The molecule has 0 spiro atoms. The number of amides is 1. The summed E-state index contributed by atoms with van der Waals surface area (Å²) in [6.07, 6.45) is 0. The third kappa shape index (κ3) is 3.60. The Morgan fingerprint density at radius 2 is 1.73 bits per heavy atom. The Balaban J connectivity index is 1.67. The predicted octanol–water partition coefficient (Wildman–Crippen LogP) is 4.85. The number of nitrogens with one attached hydrogen (secondary N) is 1. The SMILES string of the molecule is Cc1cc2nn(-c3ccc(Cl)cc3)nc2cc1NC(=O)c1cccc([N+](=O)[O-])c1C. The number of fused-ring (bicyclic) bond motifs is 1. The Morgan fingerprint density at radius 3 is 2.40 bits per heavy atom. The number of aromatic nitrogens is 3. The molecule has 9 heteroatoms. The lowest BCUT2D eigenvalue weighted by Crippen LogP contribution is -2.14.